The zero-order chi connectivity index (χ0) is 11.1. The molecule has 4 heteroatoms. The van der Waals surface area contributed by atoms with Gasteiger partial charge < -0.3 is 10.6 Å². The van der Waals surface area contributed by atoms with Gasteiger partial charge in [-0.2, -0.15) is 0 Å². The number of carbonyl (C=O) groups excluding carboxylic acids is 1. The van der Waals surface area contributed by atoms with Crippen molar-refractivity contribution in [3.05, 3.63) is 23.9 Å². The van der Waals surface area contributed by atoms with Crippen LogP contribution in [0.5, 0.6) is 0 Å². The lowest BCUT2D eigenvalue weighted by Crippen LogP contribution is -2.22. The molecule has 15 heavy (non-hydrogen) atoms. The summed E-state index contributed by atoms with van der Waals surface area (Å²) in [4.78, 5) is 15.5. The number of rotatable bonds is 5. The van der Waals surface area contributed by atoms with Crippen molar-refractivity contribution in [3.63, 3.8) is 0 Å². The van der Waals surface area contributed by atoms with Crippen LogP contribution in [0, 0.1) is 0 Å². The molecule has 82 valence electrons. The average Bonchev–Trinajstić information content (AvgIpc) is 2.27. The highest BCUT2D eigenvalue weighted by atomic mass is 16.1. The normalized spacial score (nSPS) is 9.73. The second kappa shape index (κ2) is 6.01. The molecule has 0 radical (unpaired) electrons. The van der Waals surface area contributed by atoms with E-state index in [1.165, 1.54) is 0 Å². The van der Waals surface area contributed by atoms with E-state index >= 15 is 0 Å². The first kappa shape index (κ1) is 11.5. The molecule has 0 unspecified atom stereocenters. The Balaban J connectivity index is 2.59. The number of aromatic nitrogens is 1. The fraction of sp³-hybridized carbons (Fsp3) is 0.455. The topological polar surface area (TPSA) is 54.0 Å². The van der Waals surface area contributed by atoms with Crippen molar-refractivity contribution >= 4 is 11.7 Å². The maximum absolute atomic E-state index is 11.4. The van der Waals surface area contributed by atoms with Crippen LogP contribution in [-0.2, 0) is 0 Å². The molecule has 0 bridgehead atoms. The van der Waals surface area contributed by atoms with Gasteiger partial charge in [-0.05, 0) is 25.5 Å². The molecule has 0 aliphatic heterocycles. The van der Waals surface area contributed by atoms with Gasteiger partial charge in [0.25, 0.3) is 5.91 Å². The molecule has 0 saturated carbocycles. The van der Waals surface area contributed by atoms with Gasteiger partial charge in [-0.1, -0.05) is 6.92 Å². The molecular weight excluding hydrogens is 190 g/mol. The first-order chi connectivity index (χ1) is 7.27. The van der Waals surface area contributed by atoms with Crippen molar-refractivity contribution in [2.45, 2.75) is 20.3 Å². The Morgan fingerprint density at radius 1 is 1.40 bits per heavy atom. The molecule has 0 spiro atoms. The zero-order valence-electron chi connectivity index (χ0n) is 9.21. The Hall–Kier alpha value is -1.58. The molecule has 0 atom stereocenters. The van der Waals surface area contributed by atoms with Crippen molar-refractivity contribution in [3.8, 4) is 0 Å². The minimum Gasteiger partial charge on any atom is -0.370 e. The first-order valence-corrected chi connectivity index (χ1v) is 5.26. The van der Waals surface area contributed by atoms with Crippen molar-refractivity contribution in [2.24, 2.45) is 0 Å². The third-order valence-corrected chi connectivity index (χ3v) is 1.92. The van der Waals surface area contributed by atoms with Crippen LogP contribution in [0.25, 0.3) is 0 Å². The van der Waals surface area contributed by atoms with Gasteiger partial charge in [0.2, 0.25) is 0 Å². The number of anilines is 1. The highest BCUT2D eigenvalue weighted by Crippen LogP contribution is 2.04. The van der Waals surface area contributed by atoms with Gasteiger partial charge in [0.15, 0.2) is 0 Å². The Morgan fingerprint density at radius 3 is 2.73 bits per heavy atom. The monoisotopic (exact) mass is 207 g/mol. The van der Waals surface area contributed by atoms with Crippen LogP contribution in [0.2, 0.25) is 0 Å². The molecule has 0 aliphatic carbocycles. The summed E-state index contributed by atoms with van der Waals surface area (Å²) in [5.74, 6) is 0.733. The molecule has 1 rings (SSSR count). The Morgan fingerprint density at radius 2 is 2.20 bits per heavy atom. The second-order valence-electron chi connectivity index (χ2n) is 3.22. The predicted octanol–water partition coefficient (Wildman–Crippen LogP) is 1.65. The van der Waals surface area contributed by atoms with Crippen LogP contribution < -0.4 is 10.6 Å². The molecule has 1 amide bonds. The zero-order valence-corrected chi connectivity index (χ0v) is 9.21. The van der Waals surface area contributed by atoms with Crippen LogP contribution >= 0.6 is 0 Å². The smallest absolute Gasteiger partial charge is 0.252 e. The van der Waals surface area contributed by atoms with E-state index in [0.29, 0.717) is 12.1 Å². The summed E-state index contributed by atoms with van der Waals surface area (Å²) in [7, 11) is 0. The standard InChI is InChI=1S/C11H17N3O/c1-3-7-13-10-6-5-9(8-14-10)11(15)12-4-2/h5-6,8H,3-4,7H2,1-2H3,(H,12,15)(H,13,14). The summed E-state index contributed by atoms with van der Waals surface area (Å²) in [5.41, 5.74) is 0.596. The van der Waals surface area contributed by atoms with Crippen molar-refractivity contribution in [1.29, 1.82) is 0 Å². The Labute approximate surface area is 90.1 Å². The van der Waals surface area contributed by atoms with E-state index in [9.17, 15) is 4.79 Å². The van der Waals surface area contributed by atoms with Crippen molar-refractivity contribution in [1.82, 2.24) is 10.3 Å². The number of carbonyl (C=O) groups is 1. The quantitative estimate of drug-likeness (QED) is 0.772. The van der Waals surface area contributed by atoms with Gasteiger partial charge >= 0.3 is 0 Å². The van der Waals surface area contributed by atoms with Crippen LogP contribution in [0.15, 0.2) is 18.3 Å². The van der Waals surface area contributed by atoms with E-state index in [1.807, 2.05) is 13.0 Å². The highest BCUT2D eigenvalue weighted by molar-refractivity contribution is 5.93. The van der Waals surface area contributed by atoms with E-state index < -0.39 is 0 Å². The molecule has 0 saturated heterocycles. The summed E-state index contributed by atoms with van der Waals surface area (Å²) in [6, 6.07) is 3.59. The summed E-state index contributed by atoms with van der Waals surface area (Å²) < 4.78 is 0. The third-order valence-electron chi connectivity index (χ3n) is 1.92. The molecule has 1 aromatic rings. The number of pyridine rings is 1. The lowest BCUT2D eigenvalue weighted by Gasteiger charge is -2.05. The lowest BCUT2D eigenvalue weighted by atomic mass is 10.2. The van der Waals surface area contributed by atoms with Crippen LogP contribution in [0.1, 0.15) is 30.6 Å². The number of nitrogens with one attached hydrogen (secondary N) is 2. The fourth-order valence-electron chi connectivity index (χ4n) is 1.15. The van der Waals surface area contributed by atoms with Gasteiger partial charge in [0.1, 0.15) is 5.82 Å². The summed E-state index contributed by atoms with van der Waals surface area (Å²) in [6.07, 6.45) is 2.64. The summed E-state index contributed by atoms with van der Waals surface area (Å²) in [5, 5.41) is 5.87. The van der Waals surface area contributed by atoms with Crippen LogP contribution in [0.4, 0.5) is 5.82 Å². The molecule has 1 heterocycles. The van der Waals surface area contributed by atoms with Crippen molar-refractivity contribution in [2.75, 3.05) is 18.4 Å². The molecule has 1 aromatic heterocycles. The maximum atomic E-state index is 11.4. The van der Waals surface area contributed by atoms with Gasteiger partial charge in [-0.15, -0.1) is 0 Å². The number of hydrogen-bond acceptors (Lipinski definition) is 3. The van der Waals surface area contributed by atoms with E-state index in [-0.39, 0.29) is 5.91 Å². The second-order valence-corrected chi connectivity index (χ2v) is 3.22. The van der Waals surface area contributed by atoms with Crippen molar-refractivity contribution < 1.29 is 4.79 Å². The number of amides is 1. The van der Waals surface area contributed by atoms with E-state index in [0.717, 1.165) is 18.8 Å². The van der Waals surface area contributed by atoms with Gasteiger partial charge in [0, 0.05) is 19.3 Å². The SMILES string of the molecule is CCCNc1ccc(C(=O)NCC)cn1. The fourth-order valence-corrected chi connectivity index (χ4v) is 1.15. The number of hydrogen-bond donors (Lipinski definition) is 2. The van der Waals surface area contributed by atoms with Crippen LogP contribution in [-0.4, -0.2) is 24.0 Å². The summed E-state index contributed by atoms with van der Waals surface area (Å²) >= 11 is 0. The predicted molar refractivity (Wildman–Crippen MR) is 61.0 cm³/mol. The van der Waals surface area contributed by atoms with Gasteiger partial charge in [0.05, 0.1) is 5.56 Å². The molecule has 0 fully saturated rings. The van der Waals surface area contributed by atoms with E-state index in [4.69, 9.17) is 0 Å². The van der Waals surface area contributed by atoms with Gasteiger partial charge in [-0.25, -0.2) is 4.98 Å². The van der Waals surface area contributed by atoms with Crippen LogP contribution in [0.3, 0.4) is 0 Å². The highest BCUT2D eigenvalue weighted by Gasteiger charge is 2.03. The molecule has 0 aliphatic rings. The molecule has 0 aromatic carbocycles. The van der Waals surface area contributed by atoms with Gasteiger partial charge in [-0.3, -0.25) is 4.79 Å². The van der Waals surface area contributed by atoms with E-state index in [1.54, 1.807) is 12.3 Å². The summed E-state index contributed by atoms with van der Waals surface area (Å²) in [6.45, 7) is 5.51. The maximum Gasteiger partial charge on any atom is 0.252 e. The molecule has 2 N–H and O–H groups in total. The minimum absolute atomic E-state index is 0.0768. The minimum atomic E-state index is -0.0768. The number of nitrogens with zero attached hydrogens (tertiary/aromatic N) is 1. The molecule has 4 nitrogen and oxygen atoms in total. The average molecular weight is 207 g/mol. The third kappa shape index (κ3) is 3.58. The van der Waals surface area contributed by atoms with E-state index in [2.05, 4.69) is 22.5 Å². The molecular formula is C11H17N3O. The first-order valence-electron chi connectivity index (χ1n) is 5.26. The lowest BCUT2D eigenvalue weighted by molar-refractivity contribution is 0.0955. The Kier molecular flexibility index (Phi) is 4.60. The Bertz CT molecular complexity index is 308. The largest absolute Gasteiger partial charge is 0.370 e.